The second kappa shape index (κ2) is 63.8. The van der Waals surface area contributed by atoms with Gasteiger partial charge in [-0.15, -0.1) is 0 Å². The number of rotatable bonds is 49. The number of benzene rings is 6. The molecule has 2 aliphatic rings. The van der Waals surface area contributed by atoms with Gasteiger partial charge >= 0.3 is 12.1 Å². The Balaban J connectivity index is 0.00000158. The van der Waals surface area contributed by atoms with Crippen LogP contribution in [0.2, 0.25) is 0 Å². The fourth-order valence-electron chi connectivity index (χ4n) is 14.7. The van der Waals surface area contributed by atoms with Gasteiger partial charge in [0.2, 0.25) is 0 Å². The number of aliphatic imine (C=N–C) groups is 1. The Kier molecular flexibility index (Phi) is 59.9. The maximum Gasteiger partial charge on any atom is 0.314 e. The highest BCUT2D eigenvalue weighted by atomic mass is 16.7. The van der Waals surface area contributed by atoms with Crippen LogP contribution in [0.1, 0.15) is 285 Å². The predicted molar refractivity (Wildman–Crippen MR) is 492 cm³/mol. The Morgan fingerprint density at radius 3 is 0.880 bits per heavy atom. The number of nitrogens with two attached hydrogens (primary N) is 1. The molecule has 0 aliphatic carbocycles. The lowest BCUT2D eigenvalue weighted by molar-refractivity contribution is -0.171. The van der Waals surface area contributed by atoms with Crippen LogP contribution in [0.25, 0.3) is 0 Å². The number of aliphatic hydroxyl groups is 4. The summed E-state index contributed by atoms with van der Waals surface area (Å²) in [7, 11) is 0. The largest absolute Gasteiger partial charge is 0.395 e. The molecule has 10 N–H and O–H groups in total. The number of hydrogen-bond donors (Lipinski definition) is 9. The number of nitrogens with zero attached hydrogens (tertiary/aromatic N) is 1. The Morgan fingerprint density at radius 2 is 0.624 bits per heavy atom. The first kappa shape index (κ1) is 110. The van der Waals surface area contributed by atoms with Gasteiger partial charge in [0, 0.05) is 78.4 Å². The number of unbranched alkanes of at least 4 members (excludes halogenated alkanes) is 9. The van der Waals surface area contributed by atoms with Crippen molar-refractivity contribution < 1.29 is 53.8 Å². The number of nitrogens with one attached hydrogen (secondary N) is 4. The van der Waals surface area contributed by atoms with Crippen molar-refractivity contribution >= 4 is 24.6 Å². The third-order valence-electron chi connectivity index (χ3n) is 22.8. The molecule has 4 amide bonds. The Morgan fingerprint density at radius 1 is 0.376 bits per heavy atom. The van der Waals surface area contributed by atoms with Crippen LogP contribution in [0.3, 0.4) is 0 Å². The van der Waals surface area contributed by atoms with Gasteiger partial charge in [0.25, 0.3) is 0 Å². The summed E-state index contributed by atoms with van der Waals surface area (Å²) < 4.78 is 23.9. The summed E-state index contributed by atoms with van der Waals surface area (Å²) >= 11 is 0. The fourth-order valence-corrected chi connectivity index (χ4v) is 14.7. The van der Waals surface area contributed by atoms with Crippen LogP contribution in [0.5, 0.6) is 0 Å². The number of hydrogen-bond acceptors (Lipinski definition) is 13. The Bertz CT molecular complexity index is 3380. The molecule has 6 aromatic carbocycles. The third-order valence-corrected chi connectivity index (χ3v) is 22.8. The van der Waals surface area contributed by atoms with Crippen LogP contribution in [0, 0.1) is 0 Å². The second-order valence-electron chi connectivity index (χ2n) is 32.6. The van der Waals surface area contributed by atoms with E-state index in [1.165, 1.54) is 41.3 Å². The highest BCUT2D eigenvalue weighted by Gasteiger charge is 2.32. The average Bonchev–Trinajstić information content (AvgIpc) is 0.852. The van der Waals surface area contributed by atoms with E-state index in [9.17, 15) is 34.8 Å². The van der Waals surface area contributed by atoms with Crippen LogP contribution < -0.4 is 27.0 Å². The zero-order valence-corrected chi connectivity index (χ0v) is 69.3. The highest BCUT2D eigenvalue weighted by molar-refractivity contribution is 6.12. The number of carbonyl (C=O) groups is 3. The van der Waals surface area contributed by atoms with Gasteiger partial charge in [0.1, 0.15) is 0 Å². The van der Waals surface area contributed by atoms with Crippen molar-refractivity contribution in [2.24, 2.45) is 10.7 Å². The number of carbonyl (C=O) groups excluding carboxylic acids is 3. The molecule has 6 aromatic rings. The molecular formula is C100H164N6O11. The minimum atomic E-state index is -0.240. The summed E-state index contributed by atoms with van der Waals surface area (Å²) in [6.45, 7) is 20.6. The summed E-state index contributed by atoms with van der Waals surface area (Å²) in [5.41, 5.74) is 11.9. The molecular weight excluding hydrogens is 1460 g/mol. The standard InChI is InChI=1S/C33H50N2O4.C28H42N2O3.C21H31NO3.C13H21NO.5CH4/c1-32(26-36,28-16-6-3-7-17-28)21-12-14-24-35-31(37)34-23-13-5-11-22-33(2,29-18-8-4-9-19-29)27-39-30-20-10-15-25-38-30;1-27(22-31,24-14-6-3-7-15-24)18-10-5-12-20-29-26(33)30-21-13-11-19-28(2,23-32)25-16-8-4-9-17-25;1-21(19-10-4-2-5-11-19,13-7-3-8-14-22-15-16-23)18-25-20-12-6-9-17-24-20;1-13(11-15,9-5-6-10-14)12-7-3-2-4-8-12;;;;;/h3-4,6-9,16-19,30,36H,5,10-15,20-27H2,1-2H3,(H2,34,35,37);3-4,6-9,14-17,31-32H,5,10-13,18-23H2,1-2H3,(H2,29,30,33);2,4-5,10-11,15-16,20H,3,6-9,12-14,17-18H2,1H3;2-4,7-8,15H,5-6,9-11,14H2,1H3;5*1H4. The number of aliphatic hydroxyl groups excluding tert-OH is 4. The second-order valence-corrected chi connectivity index (χ2v) is 32.6. The van der Waals surface area contributed by atoms with Gasteiger partial charge in [-0.1, -0.05) is 318 Å². The molecule has 660 valence electrons. The lowest BCUT2D eigenvalue weighted by atomic mass is 9.78. The molecule has 17 nitrogen and oxygen atoms in total. The lowest BCUT2D eigenvalue weighted by Gasteiger charge is -2.33. The van der Waals surface area contributed by atoms with Crippen molar-refractivity contribution in [2.75, 3.05) is 92.1 Å². The molecule has 2 aliphatic heterocycles. The lowest BCUT2D eigenvalue weighted by Crippen LogP contribution is -2.36. The van der Waals surface area contributed by atoms with Crippen LogP contribution >= 0.6 is 0 Å². The van der Waals surface area contributed by atoms with Crippen LogP contribution in [0.15, 0.2) is 187 Å². The molecule has 8 unspecified atom stereocenters. The van der Waals surface area contributed by atoms with E-state index in [2.05, 4.69) is 177 Å². The maximum absolute atomic E-state index is 12.2. The van der Waals surface area contributed by atoms with Crippen molar-refractivity contribution in [1.29, 1.82) is 0 Å². The van der Waals surface area contributed by atoms with Gasteiger partial charge in [-0.3, -0.25) is 9.79 Å². The topological polar surface area (TPSA) is 256 Å². The van der Waals surface area contributed by atoms with Crippen LogP contribution in [-0.2, 0) is 56.2 Å². The van der Waals surface area contributed by atoms with Crippen molar-refractivity contribution in [3.63, 3.8) is 0 Å². The van der Waals surface area contributed by atoms with Crippen LogP contribution in [0.4, 0.5) is 9.59 Å². The van der Waals surface area contributed by atoms with Crippen molar-refractivity contribution in [2.45, 2.75) is 297 Å². The average molecular weight is 1630 g/mol. The minimum absolute atomic E-state index is 0. The number of ether oxygens (including phenoxy) is 4. The molecule has 8 rings (SSSR count). The first-order valence-corrected chi connectivity index (χ1v) is 42.3. The molecule has 0 radical (unpaired) electrons. The molecule has 2 fully saturated rings. The quantitative estimate of drug-likeness (QED) is 0.00982. The van der Waals surface area contributed by atoms with E-state index in [0.29, 0.717) is 39.4 Å². The molecule has 0 spiro atoms. The zero-order valence-electron chi connectivity index (χ0n) is 69.3. The van der Waals surface area contributed by atoms with E-state index in [-0.39, 0.29) is 121 Å². The van der Waals surface area contributed by atoms with Crippen LogP contribution in [-0.4, -0.2) is 150 Å². The molecule has 2 heterocycles. The van der Waals surface area contributed by atoms with E-state index in [1.54, 1.807) is 0 Å². The van der Waals surface area contributed by atoms with Gasteiger partial charge in [-0.2, -0.15) is 0 Å². The predicted octanol–water partition coefficient (Wildman–Crippen LogP) is 20.9. The molecule has 0 saturated carbocycles. The van der Waals surface area contributed by atoms with Gasteiger partial charge in [0.15, 0.2) is 18.9 Å². The van der Waals surface area contributed by atoms with Gasteiger partial charge < -0.3 is 66.4 Å². The van der Waals surface area contributed by atoms with Crippen molar-refractivity contribution in [3.05, 3.63) is 215 Å². The monoisotopic (exact) mass is 1630 g/mol. The van der Waals surface area contributed by atoms with E-state index in [4.69, 9.17) is 24.7 Å². The smallest absolute Gasteiger partial charge is 0.314 e. The summed E-state index contributed by atoms with van der Waals surface area (Å²) in [5.74, 6) is 0. The molecule has 17 heteroatoms. The summed E-state index contributed by atoms with van der Waals surface area (Å²) in [5, 5.41) is 51.0. The SMILES string of the molecule is C.C.C.C.C.CC(CCCCCN=CC=O)(COC1CCCCO1)c1ccccc1.CC(CO)(CCCCCNC(=O)NCCCCC(C)(CO)c1ccccc1)c1ccccc1.CC(CO)(CCCCN)c1ccccc1.CC(CO)(CCCCNC(=O)NCCCCCC(C)(COC1CCCCO1)c1ccccc1)c1ccccc1. The normalized spacial score (nSPS) is 16.6. The minimum Gasteiger partial charge on any atom is -0.395 e. The molecule has 2 saturated heterocycles. The van der Waals surface area contributed by atoms with E-state index < -0.39 is 0 Å². The molecule has 0 bridgehead atoms. The Labute approximate surface area is 711 Å². The molecule has 8 atom stereocenters. The zero-order chi connectivity index (χ0) is 80.8. The third kappa shape index (κ3) is 42.6. The van der Waals surface area contributed by atoms with E-state index >= 15 is 0 Å². The number of urea groups is 2. The van der Waals surface area contributed by atoms with Gasteiger partial charge in [-0.25, -0.2) is 9.59 Å². The molecule has 0 aromatic heterocycles. The van der Waals surface area contributed by atoms with Crippen molar-refractivity contribution in [3.8, 4) is 0 Å². The maximum atomic E-state index is 12.2. The fraction of sp³-hybridized carbons (Fsp3) is 0.600. The first-order valence-electron chi connectivity index (χ1n) is 42.3. The van der Waals surface area contributed by atoms with Gasteiger partial charge in [0.05, 0.1) is 45.9 Å². The summed E-state index contributed by atoms with van der Waals surface area (Å²) in [4.78, 5) is 38.5. The first-order chi connectivity index (χ1) is 54.4. The van der Waals surface area contributed by atoms with E-state index in [1.807, 2.05) is 72.8 Å². The Hall–Kier alpha value is -7.16. The van der Waals surface area contributed by atoms with Gasteiger partial charge in [-0.05, 0) is 156 Å². The highest BCUT2D eigenvalue weighted by Crippen LogP contribution is 2.36. The molecule has 117 heavy (non-hydrogen) atoms. The van der Waals surface area contributed by atoms with Crippen molar-refractivity contribution in [1.82, 2.24) is 21.3 Å². The summed E-state index contributed by atoms with van der Waals surface area (Å²) in [6, 6.07) is 61.7. The van der Waals surface area contributed by atoms with E-state index in [0.717, 1.165) is 204 Å². The summed E-state index contributed by atoms with van der Waals surface area (Å²) in [6.07, 6.45) is 29.4. The number of aldehydes is 1. The number of amides is 4.